The monoisotopic (exact) mass is 209 g/mol. The number of carbonyl (C=O) groups excluding carboxylic acids is 2. The first-order valence-electron chi connectivity index (χ1n) is 4.72. The molecular formula is C11H15NO3. The second-order valence-corrected chi connectivity index (χ2v) is 2.50. The molecule has 0 aliphatic rings. The summed E-state index contributed by atoms with van der Waals surface area (Å²) < 4.78 is 0. The fourth-order valence-corrected chi connectivity index (χ4v) is 0.846. The number of amides is 2. The van der Waals surface area contributed by atoms with Crippen LogP contribution in [-0.4, -0.2) is 22.1 Å². The van der Waals surface area contributed by atoms with Gasteiger partial charge >= 0.3 is 0 Å². The van der Waals surface area contributed by atoms with Gasteiger partial charge in [-0.3, -0.25) is 14.8 Å². The van der Waals surface area contributed by atoms with Gasteiger partial charge in [0.2, 0.25) is 5.91 Å². The van der Waals surface area contributed by atoms with E-state index in [1.165, 1.54) is 12.1 Å². The lowest BCUT2D eigenvalue weighted by Crippen LogP contribution is -2.31. The molecule has 0 bridgehead atoms. The molecular weight excluding hydrogens is 194 g/mol. The average molecular weight is 209 g/mol. The third-order valence-corrected chi connectivity index (χ3v) is 1.51. The first-order chi connectivity index (χ1) is 7.13. The molecule has 4 nitrogen and oxygen atoms in total. The highest BCUT2D eigenvalue weighted by atomic mass is 16.5. The van der Waals surface area contributed by atoms with Crippen molar-refractivity contribution in [3.05, 3.63) is 35.9 Å². The van der Waals surface area contributed by atoms with Crippen molar-refractivity contribution in [1.29, 1.82) is 0 Å². The Morgan fingerprint density at radius 2 is 1.60 bits per heavy atom. The third kappa shape index (κ3) is 3.91. The molecule has 1 aromatic carbocycles. The van der Waals surface area contributed by atoms with E-state index in [0.717, 1.165) is 6.92 Å². The van der Waals surface area contributed by atoms with Crippen molar-refractivity contribution >= 4 is 11.8 Å². The Labute approximate surface area is 89.1 Å². The Morgan fingerprint density at radius 1 is 1.13 bits per heavy atom. The van der Waals surface area contributed by atoms with Gasteiger partial charge in [0, 0.05) is 12.5 Å². The molecule has 0 unspecified atom stereocenters. The number of nitrogens with zero attached hydrogens (tertiary/aromatic N) is 1. The summed E-state index contributed by atoms with van der Waals surface area (Å²) in [5.41, 5.74) is 0.278. The predicted molar refractivity (Wildman–Crippen MR) is 56.4 cm³/mol. The molecule has 1 N–H and O–H groups in total. The Hall–Kier alpha value is -1.68. The highest BCUT2D eigenvalue weighted by Crippen LogP contribution is 2.02. The van der Waals surface area contributed by atoms with Crippen molar-refractivity contribution in [1.82, 2.24) is 5.06 Å². The van der Waals surface area contributed by atoms with Gasteiger partial charge in [-0.25, -0.2) is 0 Å². The molecule has 0 saturated carbocycles. The zero-order valence-electron chi connectivity index (χ0n) is 9.10. The van der Waals surface area contributed by atoms with E-state index in [4.69, 9.17) is 5.21 Å². The zero-order valence-corrected chi connectivity index (χ0v) is 9.10. The van der Waals surface area contributed by atoms with Gasteiger partial charge < -0.3 is 0 Å². The number of hydroxylamine groups is 2. The molecule has 82 valence electrons. The second-order valence-electron chi connectivity index (χ2n) is 2.50. The average Bonchev–Trinajstić information content (AvgIpc) is 2.31. The normalized spacial score (nSPS) is 8.53. The maximum absolute atomic E-state index is 11.2. The standard InChI is InChI=1S/C9H9NO3.C2H6/c1-7(11)10(13)9(12)8-5-3-2-4-6-8;1-2/h2-6,13H,1H3;1-2H3. The van der Waals surface area contributed by atoms with E-state index in [9.17, 15) is 9.59 Å². The molecule has 0 saturated heterocycles. The summed E-state index contributed by atoms with van der Waals surface area (Å²) in [5.74, 6) is -1.41. The van der Waals surface area contributed by atoms with E-state index in [2.05, 4.69) is 0 Å². The molecule has 2 amide bonds. The van der Waals surface area contributed by atoms with E-state index in [-0.39, 0.29) is 10.6 Å². The lowest BCUT2D eigenvalue weighted by atomic mass is 10.2. The Bertz CT molecular complexity index is 322. The molecule has 0 heterocycles. The molecule has 4 heteroatoms. The second kappa shape index (κ2) is 6.73. The van der Waals surface area contributed by atoms with Crippen LogP contribution >= 0.6 is 0 Å². The van der Waals surface area contributed by atoms with Crippen LogP contribution in [0.25, 0.3) is 0 Å². The highest BCUT2D eigenvalue weighted by Gasteiger charge is 2.16. The molecule has 0 fully saturated rings. The molecule has 0 aliphatic carbocycles. The summed E-state index contributed by atoms with van der Waals surface area (Å²) in [7, 11) is 0. The minimum absolute atomic E-state index is 0.0926. The van der Waals surface area contributed by atoms with Gasteiger partial charge in [-0.1, -0.05) is 32.0 Å². The van der Waals surface area contributed by atoms with Crippen LogP contribution in [0.5, 0.6) is 0 Å². The Balaban J connectivity index is 0.000000921. The Kier molecular flexibility index (Phi) is 5.97. The number of hydrogen-bond acceptors (Lipinski definition) is 3. The van der Waals surface area contributed by atoms with Crippen molar-refractivity contribution in [2.45, 2.75) is 20.8 Å². The van der Waals surface area contributed by atoms with E-state index in [1.54, 1.807) is 18.2 Å². The van der Waals surface area contributed by atoms with Crippen LogP contribution in [-0.2, 0) is 4.79 Å². The van der Waals surface area contributed by atoms with Crippen LogP contribution in [0, 0.1) is 0 Å². The van der Waals surface area contributed by atoms with Crippen LogP contribution in [0.15, 0.2) is 30.3 Å². The van der Waals surface area contributed by atoms with Gasteiger partial charge in [0.25, 0.3) is 5.91 Å². The van der Waals surface area contributed by atoms with Gasteiger partial charge in [0.15, 0.2) is 0 Å². The van der Waals surface area contributed by atoms with Crippen LogP contribution in [0.1, 0.15) is 31.1 Å². The quantitative estimate of drug-likeness (QED) is 0.569. The first-order valence-corrected chi connectivity index (χ1v) is 4.72. The van der Waals surface area contributed by atoms with Crippen molar-refractivity contribution in [2.75, 3.05) is 0 Å². The first kappa shape index (κ1) is 13.3. The number of hydrogen-bond donors (Lipinski definition) is 1. The lowest BCUT2D eigenvalue weighted by molar-refractivity contribution is -0.151. The minimum Gasteiger partial charge on any atom is -0.278 e. The number of rotatable bonds is 1. The molecule has 1 rings (SSSR count). The molecule has 0 atom stereocenters. The highest BCUT2D eigenvalue weighted by molar-refractivity contribution is 6.02. The van der Waals surface area contributed by atoms with E-state index in [0.29, 0.717) is 0 Å². The van der Waals surface area contributed by atoms with Gasteiger partial charge in [-0.2, -0.15) is 5.06 Å². The van der Waals surface area contributed by atoms with Gasteiger partial charge in [-0.05, 0) is 12.1 Å². The number of carbonyl (C=O) groups is 2. The summed E-state index contributed by atoms with van der Waals surface area (Å²) in [6, 6.07) is 8.09. The molecule has 0 radical (unpaired) electrons. The SMILES string of the molecule is CC.CC(=O)N(O)C(=O)c1ccccc1. The summed E-state index contributed by atoms with van der Waals surface area (Å²) in [4.78, 5) is 21.9. The predicted octanol–water partition coefficient (Wildman–Crippen LogP) is 2.09. The summed E-state index contributed by atoms with van der Waals surface area (Å²) >= 11 is 0. The lowest BCUT2D eigenvalue weighted by Gasteiger charge is -2.09. The van der Waals surface area contributed by atoms with Crippen LogP contribution < -0.4 is 0 Å². The van der Waals surface area contributed by atoms with Crippen LogP contribution in [0.3, 0.4) is 0 Å². The van der Waals surface area contributed by atoms with Crippen molar-refractivity contribution in [3.63, 3.8) is 0 Å². The molecule has 15 heavy (non-hydrogen) atoms. The molecule has 0 spiro atoms. The molecule has 0 aliphatic heterocycles. The largest absolute Gasteiger partial charge is 0.284 e. The molecule has 1 aromatic rings. The van der Waals surface area contributed by atoms with Gasteiger partial charge in [0.1, 0.15) is 0 Å². The fraction of sp³-hybridized carbons (Fsp3) is 0.273. The zero-order chi connectivity index (χ0) is 11.8. The smallest absolute Gasteiger partial charge is 0.278 e. The maximum Gasteiger partial charge on any atom is 0.284 e. The minimum atomic E-state index is -0.715. The third-order valence-electron chi connectivity index (χ3n) is 1.51. The number of benzene rings is 1. The van der Waals surface area contributed by atoms with Gasteiger partial charge in [-0.15, -0.1) is 0 Å². The van der Waals surface area contributed by atoms with E-state index < -0.39 is 11.8 Å². The summed E-state index contributed by atoms with van der Waals surface area (Å²) in [6.45, 7) is 5.11. The topological polar surface area (TPSA) is 57.6 Å². The van der Waals surface area contributed by atoms with Crippen LogP contribution in [0.2, 0.25) is 0 Å². The van der Waals surface area contributed by atoms with E-state index >= 15 is 0 Å². The Morgan fingerprint density at radius 3 is 2.00 bits per heavy atom. The summed E-state index contributed by atoms with van der Waals surface area (Å²) in [6.07, 6.45) is 0. The fourth-order valence-electron chi connectivity index (χ4n) is 0.846. The van der Waals surface area contributed by atoms with Crippen LogP contribution in [0.4, 0.5) is 0 Å². The maximum atomic E-state index is 11.2. The van der Waals surface area contributed by atoms with Gasteiger partial charge in [0.05, 0.1) is 0 Å². The van der Waals surface area contributed by atoms with Crippen molar-refractivity contribution in [3.8, 4) is 0 Å². The van der Waals surface area contributed by atoms with Crippen molar-refractivity contribution < 1.29 is 14.8 Å². The van der Waals surface area contributed by atoms with Crippen molar-refractivity contribution in [2.24, 2.45) is 0 Å². The molecule has 0 aromatic heterocycles. The summed E-state index contributed by atoms with van der Waals surface area (Å²) in [5, 5.41) is 9.08. The van der Waals surface area contributed by atoms with E-state index in [1.807, 2.05) is 13.8 Å². The number of imide groups is 1.